The molecule has 1 fully saturated rings. The Morgan fingerprint density at radius 1 is 1.33 bits per heavy atom. The van der Waals surface area contributed by atoms with Crippen LogP contribution in [-0.2, 0) is 9.53 Å². The topological polar surface area (TPSA) is 58.6 Å². The molecule has 18 heavy (non-hydrogen) atoms. The van der Waals surface area contributed by atoms with Crippen LogP contribution in [0.3, 0.4) is 0 Å². The van der Waals surface area contributed by atoms with Crippen molar-refractivity contribution < 1.29 is 14.6 Å². The summed E-state index contributed by atoms with van der Waals surface area (Å²) >= 11 is 0. The summed E-state index contributed by atoms with van der Waals surface area (Å²) in [5.74, 6) is 0.613. The zero-order valence-corrected chi connectivity index (χ0v) is 12.0. The van der Waals surface area contributed by atoms with E-state index in [-0.39, 0.29) is 0 Å². The first-order valence-electron chi connectivity index (χ1n) is 6.91. The van der Waals surface area contributed by atoms with E-state index in [1.54, 1.807) is 14.0 Å². The smallest absolute Gasteiger partial charge is 0.323 e. The van der Waals surface area contributed by atoms with Gasteiger partial charge >= 0.3 is 5.97 Å². The molecule has 0 aliphatic heterocycles. The fraction of sp³-hybridized carbons (Fsp3) is 0.929. The van der Waals surface area contributed by atoms with E-state index in [4.69, 9.17) is 9.84 Å². The highest BCUT2D eigenvalue weighted by atomic mass is 16.5. The third-order valence-electron chi connectivity index (χ3n) is 4.11. The van der Waals surface area contributed by atoms with Crippen molar-refractivity contribution in [2.24, 2.45) is 11.8 Å². The van der Waals surface area contributed by atoms with Crippen LogP contribution in [0.5, 0.6) is 0 Å². The van der Waals surface area contributed by atoms with Gasteiger partial charge < -0.3 is 15.2 Å². The van der Waals surface area contributed by atoms with Gasteiger partial charge in [-0.25, -0.2) is 0 Å². The SMILES string of the molecule is CNC(C)(CCOC1CC(C)CC(C)C1)C(=O)O. The van der Waals surface area contributed by atoms with Gasteiger partial charge in [-0.1, -0.05) is 13.8 Å². The number of carbonyl (C=O) groups is 1. The van der Waals surface area contributed by atoms with Crippen molar-refractivity contribution in [2.45, 2.75) is 58.1 Å². The zero-order chi connectivity index (χ0) is 13.8. The third kappa shape index (κ3) is 4.25. The Labute approximate surface area is 110 Å². The van der Waals surface area contributed by atoms with Crippen LogP contribution in [0.15, 0.2) is 0 Å². The Morgan fingerprint density at radius 2 is 1.89 bits per heavy atom. The van der Waals surface area contributed by atoms with Gasteiger partial charge in [-0.05, 0) is 51.5 Å². The Bertz CT molecular complexity index is 272. The average Bonchev–Trinajstić information content (AvgIpc) is 2.27. The average molecular weight is 257 g/mol. The number of ether oxygens (including phenoxy) is 1. The molecule has 0 aromatic heterocycles. The largest absolute Gasteiger partial charge is 0.480 e. The van der Waals surface area contributed by atoms with Gasteiger partial charge in [0.25, 0.3) is 0 Å². The standard InChI is InChI=1S/C14H27NO3/c1-10-7-11(2)9-12(8-10)18-6-5-14(3,15-4)13(16)17/h10-12,15H,5-9H2,1-4H3,(H,16,17). The molecule has 3 atom stereocenters. The molecule has 2 N–H and O–H groups in total. The van der Waals surface area contributed by atoms with E-state index in [0.717, 1.165) is 12.8 Å². The first kappa shape index (κ1) is 15.4. The van der Waals surface area contributed by atoms with Gasteiger partial charge in [-0.15, -0.1) is 0 Å². The van der Waals surface area contributed by atoms with Crippen LogP contribution in [0.2, 0.25) is 0 Å². The van der Waals surface area contributed by atoms with Crippen molar-refractivity contribution >= 4 is 5.97 Å². The summed E-state index contributed by atoms with van der Waals surface area (Å²) in [6.45, 7) is 6.74. The van der Waals surface area contributed by atoms with Crippen LogP contribution < -0.4 is 5.32 Å². The lowest BCUT2D eigenvalue weighted by molar-refractivity contribution is -0.145. The Balaban J connectivity index is 2.35. The molecule has 106 valence electrons. The summed E-state index contributed by atoms with van der Waals surface area (Å²) in [6.07, 6.45) is 4.29. The van der Waals surface area contributed by atoms with E-state index in [0.29, 0.717) is 31.0 Å². The van der Waals surface area contributed by atoms with Crippen LogP contribution in [0.25, 0.3) is 0 Å². The van der Waals surface area contributed by atoms with Gasteiger partial charge in [0.1, 0.15) is 5.54 Å². The van der Waals surface area contributed by atoms with Crippen molar-refractivity contribution in [3.05, 3.63) is 0 Å². The molecule has 0 heterocycles. The highest BCUT2D eigenvalue weighted by molar-refractivity contribution is 5.78. The lowest BCUT2D eigenvalue weighted by Crippen LogP contribution is -2.48. The second kappa shape index (κ2) is 6.53. The second-order valence-electron chi connectivity index (χ2n) is 6.05. The minimum atomic E-state index is -0.883. The zero-order valence-electron chi connectivity index (χ0n) is 12.0. The molecular weight excluding hydrogens is 230 g/mol. The number of hydrogen-bond donors (Lipinski definition) is 2. The van der Waals surface area contributed by atoms with Crippen molar-refractivity contribution in [1.82, 2.24) is 5.32 Å². The third-order valence-corrected chi connectivity index (χ3v) is 4.11. The van der Waals surface area contributed by atoms with Crippen molar-refractivity contribution in [3.8, 4) is 0 Å². The summed E-state index contributed by atoms with van der Waals surface area (Å²) < 4.78 is 5.87. The molecule has 0 aromatic carbocycles. The molecule has 1 saturated carbocycles. The molecule has 3 unspecified atom stereocenters. The van der Waals surface area contributed by atoms with Gasteiger partial charge in [-0.2, -0.15) is 0 Å². The fourth-order valence-electron chi connectivity index (χ4n) is 2.78. The maximum absolute atomic E-state index is 11.1. The van der Waals surface area contributed by atoms with Crippen molar-refractivity contribution in [3.63, 3.8) is 0 Å². The normalized spacial score (nSPS) is 31.9. The van der Waals surface area contributed by atoms with Gasteiger partial charge in [0.15, 0.2) is 0 Å². The molecule has 0 saturated heterocycles. The fourth-order valence-corrected chi connectivity index (χ4v) is 2.78. The molecule has 0 aromatic rings. The molecule has 1 rings (SSSR count). The molecule has 4 nitrogen and oxygen atoms in total. The monoisotopic (exact) mass is 257 g/mol. The van der Waals surface area contributed by atoms with Crippen LogP contribution >= 0.6 is 0 Å². The Morgan fingerprint density at radius 3 is 2.33 bits per heavy atom. The predicted octanol–water partition coefficient (Wildman–Crippen LogP) is 2.28. The van der Waals surface area contributed by atoms with Gasteiger partial charge in [0.05, 0.1) is 6.10 Å². The van der Waals surface area contributed by atoms with E-state index >= 15 is 0 Å². The Kier molecular flexibility index (Phi) is 5.60. The minimum absolute atomic E-state index is 0.304. The van der Waals surface area contributed by atoms with E-state index in [1.165, 1.54) is 6.42 Å². The number of nitrogens with one attached hydrogen (secondary N) is 1. The molecule has 0 spiro atoms. The van der Waals surface area contributed by atoms with E-state index in [2.05, 4.69) is 19.2 Å². The number of rotatable bonds is 6. The van der Waals surface area contributed by atoms with Gasteiger partial charge in [0, 0.05) is 6.61 Å². The summed E-state index contributed by atoms with van der Waals surface area (Å²) in [4.78, 5) is 11.1. The van der Waals surface area contributed by atoms with Crippen LogP contribution in [0.1, 0.15) is 46.5 Å². The number of likely N-dealkylation sites (N-methyl/N-ethyl adjacent to an activating group) is 1. The summed E-state index contributed by atoms with van der Waals surface area (Å²) in [5, 5.41) is 12.0. The number of aliphatic carboxylic acids is 1. The molecule has 1 aliphatic rings. The first-order chi connectivity index (χ1) is 8.37. The molecule has 0 amide bonds. The lowest BCUT2D eigenvalue weighted by Gasteiger charge is -2.32. The maximum Gasteiger partial charge on any atom is 0.323 e. The first-order valence-corrected chi connectivity index (χ1v) is 6.91. The summed E-state index contributed by atoms with van der Waals surface area (Å²) in [6, 6.07) is 0. The quantitative estimate of drug-likeness (QED) is 0.766. The number of carboxylic acid groups (broad SMARTS) is 1. The summed E-state index contributed by atoms with van der Waals surface area (Å²) in [5.41, 5.74) is -0.883. The van der Waals surface area contributed by atoms with Gasteiger partial charge in [0.2, 0.25) is 0 Å². The maximum atomic E-state index is 11.1. The molecule has 4 heteroatoms. The highest BCUT2D eigenvalue weighted by Crippen LogP contribution is 2.30. The van der Waals surface area contributed by atoms with Gasteiger partial charge in [-0.3, -0.25) is 4.79 Å². The number of hydrogen-bond acceptors (Lipinski definition) is 3. The number of carboxylic acids is 1. The Hall–Kier alpha value is -0.610. The predicted molar refractivity (Wildman–Crippen MR) is 71.6 cm³/mol. The van der Waals surface area contributed by atoms with Crippen LogP contribution in [-0.4, -0.2) is 36.4 Å². The molecular formula is C14H27NO3. The molecule has 0 radical (unpaired) electrons. The van der Waals surface area contributed by atoms with Crippen LogP contribution in [0, 0.1) is 11.8 Å². The lowest BCUT2D eigenvalue weighted by atomic mass is 9.82. The highest BCUT2D eigenvalue weighted by Gasteiger charge is 2.31. The molecule has 1 aliphatic carbocycles. The van der Waals surface area contributed by atoms with Crippen molar-refractivity contribution in [1.29, 1.82) is 0 Å². The minimum Gasteiger partial charge on any atom is -0.480 e. The van der Waals surface area contributed by atoms with Crippen molar-refractivity contribution in [2.75, 3.05) is 13.7 Å². The van der Waals surface area contributed by atoms with E-state index < -0.39 is 11.5 Å². The summed E-state index contributed by atoms with van der Waals surface area (Å²) in [7, 11) is 1.68. The van der Waals surface area contributed by atoms with E-state index in [1.807, 2.05) is 0 Å². The second-order valence-corrected chi connectivity index (χ2v) is 6.05. The molecule has 0 bridgehead atoms. The van der Waals surface area contributed by atoms with E-state index in [9.17, 15) is 4.79 Å². The van der Waals surface area contributed by atoms with Crippen LogP contribution in [0.4, 0.5) is 0 Å².